The molecule has 0 saturated carbocycles. The lowest BCUT2D eigenvalue weighted by molar-refractivity contribution is -0.138. The minimum atomic E-state index is -0.686. The highest BCUT2D eigenvalue weighted by Gasteiger charge is 2.21. The van der Waals surface area contributed by atoms with Gasteiger partial charge in [0.1, 0.15) is 0 Å². The third-order valence-electron chi connectivity index (χ3n) is 2.46. The number of piperidine rings is 1. The van der Waals surface area contributed by atoms with Crippen LogP contribution in [0.5, 0.6) is 0 Å². The van der Waals surface area contributed by atoms with Crippen LogP contribution in [0.15, 0.2) is 11.1 Å². The molecule has 0 aliphatic carbocycles. The van der Waals surface area contributed by atoms with E-state index in [4.69, 9.17) is 5.11 Å². The van der Waals surface area contributed by atoms with Gasteiger partial charge in [-0.25, -0.2) is 0 Å². The van der Waals surface area contributed by atoms with Gasteiger partial charge in [-0.2, -0.15) is 0 Å². The molecule has 3 nitrogen and oxygen atoms in total. The van der Waals surface area contributed by atoms with Crippen LogP contribution >= 0.6 is 15.9 Å². The predicted molar refractivity (Wildman–Crippen MR) is 59.5 cm³/mol. The summed E-state index contributed by atoms with van der Waals surface area (Å²) in [5, 5.41) is 8.69. The smallest absolute Gasteiger partial charge is 0.303 e. The first-order chi connectivity index (χ1) is 6.58. The first-order valence-electron chi connectivity index (χ1n) is 4.85. The summed E-state index contributed by atoms with van der Waals surface area (Å²) in [6.07, 6.45) is 2.43. The Labute approximate surface area is 92.9 Å². The molecule has 0 radical (unpaired) electrons. The van der Waals surface area contributed by atoms with E-state index in [2.05, 4.69) is 27.4 Å². The number of halogens is 1. The van der Waals surface area contributed by atoms with E-state index in [0.717, 1.165) is 37.0 Å². The zero-order valence-corrected chi connectivity index (χ0v) is 9.79. The number of hydrogen-bond donors (Lipinski definition) is 1. The van der Waals surface area contributed by atoms with Gasteiger partial charge >= 0.3 is 5.97 Å². The predicted octanol–water partition coefficient (Wildman–Crippen LogP) is 2.08. The molecule has 1 heterocycles. The van der Waals surface area contributed by atoms with Crippen LogP contribution in [0.2, 0.25) is 0 Å². The van der Waals surface area contributed by atoms with Gasteiger partial charge in [0.25, 0.3) is 0 Å². The quantitative estimate of drug-likeness (QED) is 0.843. The van der Waals surface area contributed by atoms with Crippen LogP contribution in [0, 0.1) is 5.92 Å². The Kier molecular flexibility index (Phi) is 4.62. The van der Waals surface area contributed by atoms with Crippen molar-refractivity contribution in [1.29, 1.82) is 0 Å². The van der Waals surface area contributed by atoms with E-state index in [-0.39, 0.29) is 0 Å². The Morgan fingerprint density at radius 3 is 2.93 bits per heavy atom. The van der Waals surface area contributed by atoms with Crippen molar-refractivity contribution in [3.05, 3.63) is 11.1 Å². The van der Waals surface area contributed by atoms with Gasteiger partial charge in [-0.1, -0.05) is 22.5 Å². The molecule has 4 heteroatoms. The number of rotatable bonds is 4. The van der Waals surface area contributed by atoms with Gasteiger partial charge in [0, 0.05) is 24.0 Å². The maximum Gasteiger partial charge on any atom is 0.303 e. The fourth-order valence-corrected chi connectivity index (χ4v) is 2.31. The second kappa shape index (κ2) is 5.51. The van der Waals surface area contributed by atoms with E-state index in [1.54, 1.807) is 0 Å². The number of carboxylic acid groups (broad SMARTS) is 1. The van der Waals surface area contributed by atoms with Gasteiger partial charge in [-0.05, 0) is 25.3 Å². The highest BCUT2D eigenvalue weighted by atomic mass is 79.9. The molecule has 0 aromatic carbocycles. The lowest BCUT2D eigenvalue weighted by atomic mass is 9.95. The lowest BCUT2D eigenvalue weighted by Crippen LogP contribution is -2.36. The van der Waals surface area contributed by atoms with E-state index in [1.807, 2.05) is 0 Å². The van der Waals surface area contributed by atoms with Crippen molar-refractivity contribution in [3.63, 3.8) is 0 Å². The Morgan fingerprint density at radius 2 is 2.36 bits per heavy atom. The summed E-state index contributed by atoms with van der Waals surface area (Å²) in [5.74, 6) is -0.373. The summed E-state index contributed by atoms with van der Waals surface area (Å²) in [6.45, 7) is 6.57. The SMILES string of the molecule is C=C(Br)CN1CCCC(CC(=O)O)C1. The Bertz CT molecular complexity index is 208. The molecule has 1 atom stereocenters. The molecule has 1 saturated heterocycles. The molecule has 0 amide bonds. The highest BCUT2D eigenvalue weighted by Crippen LogP contribution is 2.20. The van der Waals surface area contributed by atoms with Crippen molar-refractivity contribution in [2.75, 3.05) is 19.6 Å². The topological polar surface area (TPSA) is 40.5 Å². The van der Waals surface area contributed by atoms with Gasteiger partial charge in [0.2, 0.25) is 0 Å². The number of carboxylic acids is 1. The monoisotopic (exact) mass is 261 g/mol. The van der Waals surface area contributed by atoms with Crippen LogP contribution in [0.1, 0.15) is 19.3 Å². The van der Waals surface area contributed by atoms with Crippen molar-refractivity contribution in [1.82, 2.24) is 4.90 Å². The summed E-state index contributed by atoms with van der Waals surface area (Å²) < 4.78 is 0.966. The third-order valence-corrected chi connectivity index (χ3v) is 2.71. The summed E-state index contributed by atoms with van der Waals surface area (Å²) in [6, 6.07) is 0. The van der Waals surface area contributed by atoms with Crippen LogP contribution < -0.4 is 0 Å². The van der Waals surface area contributed by atoms with Crippen molar-refractivity contribution in [3.8, 4) is 0 Å². The summed E-state index contributed by atoms with van der Waals surface area (Å²) >= 11 is 3.33. The maximum atomic E-state index is 10.6. The van der Waals surface area contributed by atoms with E-state index >= 15 is 0 Å². The first-order valence-corrected chi connectivity index (χ1v) is 5.64. The van der Waals surface area contributed by atoms with Crippen LogP contribution in [0.4, 0.5) is 0 Å². The number of carbonyl (C=O) groups is 1. The molecule has 1 unspecified atom stereocenters. The second-order valence-electron chi connectivity index (χ2n) is 3.86. The van der Waals surface area contributed by atoms with Gasteiger partial charge in [0.05, 0.1) is 0 Å². The summed E-state index contributed by atoms with van der Waals surface area (Å²) in [7, 11) is 0. The van der Waals surface area contributed by atoms with Crippen molar-refractivity contribution < 1.29 is 9.90 Å². The van der Waals surface area contributed by atoms with Gasteiger partial charge < -0.3 is 5.11 Å². The van der Waals surface area contributed by atoms with Gasteiger partial charge in [-0.15, -0.1) is 0 Å². The van der Waals surface area contributed by atoms with Crippen LogP contribution in [0.3, 0.4) is 0 Å². The summed E-state index contributed by atoms with van der Waals surface area (Å²) in [5.41, 5.74) is 0. The minimum Gasteiger partial charge on any atom is -0.481 e. The van der Waals surface area contributed by atoms with Crippen molar-refractivity contribution in [2.45, 2.75) is 19.3 Å². The number of nitrogens with zero attached hydrogens (tertiary/aromatic N) is 1. The maximum absolute atomic E-state index is 10.6. The molecular weight excluding hydrogens is 246 g/mol. The largest absolute Gasteiger partial charge is 0.481 e. The zero-order valence-electron chi connectivity index (χ0n) is 8.21. The molecule has 0 aromatic rings. The fraction of sp³-hybridized carbons (Fsp3) is 0.700. The van der Waals surface area contributed by atoms with E-state index in [1.165, 1.54) is 0 Å². The Hall–Kier alpha value is -0.350. The molecular formula is C10H16BrNO2. The third kappa shape index (κ3) is 4.24. The normalized spacial score (nSPS) is 23.4. The number of hydrogen-bond acceptors (Lipinski definition) is 2. The Balaban J connectivity index is 2.35. The average Bonchev–Trinajstić information content (AvgIpc) is 2.01. The van der Waals surface area contributed by atoms with E-state index in [9.17, 15) is 4.79 Å². The fourth-order valence-electron chi connectivity index (χ4n) is 1.95. The second-order valence-corrected chi connectivity index (χ2v) is 4.98. The Morgan fingerprint density at radius 1 is 1.64 bits per heavy atom. The standard InChI is InChI=1S/C10H16BrNO2/c1-8(11)6-12-4-2-3-9(7-12)5-10(13)14/h9H,1-7H2,(H,13,14). The van der Waals surface area contributed by atoms with E-state index in [0.29, 0.717) is 12.3 Å². The van der Waals surface area contributed by atoms with Crippen LogP contribution in [0.25, 0.3) is 0 Å². The molecule has 80 valence electrons. The van der Waals surface area contributed by atoms with Crippen molar-refractivity contribution >= 4 is 21.9 Å². The lowest BCUT2D eigenvalue weighted by Gasteiger charge is -2.31. The zero-order chi connectivity index (χ0) is 10.6. The number of likely N-dealkylation sites (tertiary alicyclic amines) is 1. The molecule has 1 aliphatic heterocycles. The molecule has 0 aromatic heterocycles. The van der Waals surface area contributed by atoms with Gasteiger partial charge in [-0.3, -0.25) is 9.69 Å². The molecule has 0 spiro atoms. The van der Waals surface area contributed by atoms with E-state index < -0.39 is 5.97 Å². The molecule has 1 aliphatic rings. The molecule has 1 N–H and O–H groups in total. The number of aliphatic carboxylic acids is 1. The average molecular weight is 262 g/mol. The first kappa shape index (κ1) is 11.7. The van der Waals surface area contributed by atoms with Crippen LogP contribution in [-0.4, -0.2) is 35.6 Å². The molecule has 0 bridgehead atoms. The van der Waals surface area contributed by atoms with Crippen LogP contribution in [-0.2, 0) is 4.79 Å². The molecule has 1 rings (SSSR count). The highest BCUT2D eigenvalue weighted by molar-refractivity contribution is 9.11. The summed E-state index contributed by atoms with van der Waals surface area (Å²) in [4.78, 5) is 12.8. The molecule has 1 fully saturated rings. The molecule has 14 heavy (non-hydrogen) atoms. The van der Waals surface area contributed by atoms with Gasteiger partial charge in [0.15, 0.2) is 0 Å². The minimum absolute atomic E-state index is 0.297. The van der Waals surface area contributed by atoms with Crippen molar-refractivity contribution in [2.24, 2.45) is 5.92 Å².